The number of aryl methyl sites for hydroxylation is 2. The minimum atomic E-state index is -3.33. The summed E-state index contributed by atoms with van der Waals surface area (Å²) < 4.78 is 23.1. The van der Waals surface area contributed by atoms with E-state index < -0.39 is 9.84 Å². The molecule has 0 atom stereocenters. The van der Waals surface area contributed by atoms with Crippen molar-refractivity contribution in [2.24, 2.45) is 0 Å². The number of thiazole rings is 1. The zero-order valence-corrected chi connectivity index (χ0v) is 13.8. The van der Waals surface area contributed by atoms with Gasteiger partial charge in [0.1, 0.15) is 0 Å². The van der Waals surface area contributed by atoms with Crippen LogP contribution >= 0.6 is 11.3 Å². The fourth-order valence-corrected chi connectivity index (χ4v) is 4.15. The normalized spacial score (nSPS) is 14.4. The van der Waals surface area contributed by atoms with Crippen molar-refractivity contribution < 1.29 is 13.2 Å². The minimum absolute atomic E-state index is 0.138. The van der Waals surface area contributed by atoms with Gasteiger partial charge in [0, 0.05) is 16.7 Å². The molecule has 0 spiro atoms. The van der Waals surface area contributed by atoms with E-state index in [-0.39, 0.29) is 10.8 Å². The van der Waals surface area contributed by atoms with Gasteiger partial charge in [0.25, 0.3) is 5.91 Å². The van der Waals surface area contributed by atoms with E-state index >= 15 is 0 Å². The van der Waals surface area contributed by atoms with Gasteiger partial charge in [-0.15, -0.1) is 11.3 Å². The summed E-state index contributed by atoms with van der Waals surface area (Å²) in [5.74, 6) is -0.336. The number of hydrogen-bond acceptors (Lipinski definition) is 5. The van der Waals surface area contributed by atoms with Crippen molar-refractivity contribution in [3.05, 3.63) is 40.4 Å². The van der Waals surface area contributed by atoms with Gasteiger partial charge >= 0.3 is 0 Å². The van der Waals surface area contributed by atoms with Gasteiger partial charge < -0.3 is 0 Å². The van der Waals surface area contributed by atoms with Gasteiger partial charge in [-0.1, -0.05) is 6.07 Å². The molecule has 0 saturated heterocycles. The monoisotopic (exact) mass is 336 g/mol. The van der Waals surface area contributed by atoms with Crippen molar-refractivity contribution in [3.63, 3.8) is 0 Å². The zero-order chi connectivity index (χ0) is 15.7. The minimum Gasteiger partial charge on any atom is -0.298 e. The van der Waals surface area contributed by atoms with Gasteiger partial charge in [0.05, 0.1) is 10.6 Å². The van der Waals surface area contributed by atoms with Crippen LogP contribution in [0.25, 0.3) is 0 Å². The molecule has 1 aliphatic carbocycles. The molecule has 5 nitrogen and oxygen atoms in total. The number of sulfone groups is 1. The second-order valence-electron chi connectivity index (χ2n) is 5.35. The Hall–Kier alpha value is -1.73. The van der Waals surface area contributed by atoms with E-state index in [9.17, 15) is 13.2 Å². The van der Waals surface area contributed by atoms with Crippen LogP contribution in [-0.2, 0) is 22.7 Å². The summed E-state index contributed by atoms with van der Waals surface area (Å²) in [6.07, 6.45) is 5.41. The number of anilines is 1. The number of rotatable bonds is 3. The third-order valence-corrected chi connectivity index (χ3v) is 5.77. The Kier molecular flexibility index (Phi) is 4.01. The van der Waals surface area contributed by atoms with Crippen LogP contribution < -0.4 is 5.32 Å². The SMILES string of the molecule is CS(=O)(=O)c1cccc(C(=O)Nc2nc3c(s2)CCCC3)c1. The second kappa shape index (κ2) is 5.81. The number of benzene rings is 1. The topological polar surface area (TPSA) is 76.1 Å². The highest BCUT2D eigenvalue weighted by Crippen LogP contribution is 2.29. The van der Waals surface area contributed by atoms with Gasteiger partial charge in [0.2, 0.25) is 0 Å². The first-order chi connectivity index (χ1) is 10.4. The van der Waals surface area contributed by atoms with Gasteiger partial charge in [-0.3, -0.25) is 10.1 Å². The molecule has 0 aliphatic heterocycles. The van der Waals surface area contributed by atoms with Crippen molar-refractivity contribution in [1.82, 2.24) is 4.98 Å². The molecular weight excluding hydrogens is 320 g/mol. The van der Waals surface area contributed by atoms with Crippen molar-refractivity contribution in [1.29, 1.82) is 0 Å². The highest BCUT2D eigenvalue weighted by molar-refractivity contribution is 7.90. The molecule has 1 N–H and O–H groups in total. The molecule has 1 aromatic carbocycles. The molecule has 2 aromatic rings. The number of aromatic nitrogens is 1. The number of hydrogen-bond donors (Lipinski definition) is 1. The van der Waals surface area contributed by atoms with Crippen molar-refractivity contribution >= 4 is 32.2 Å². The van der Waals surface area contributed by atoms with Gasteiger partial charge in [-0.2, -0.15) is 0 Å². The molecule has 1 aromatic heterocycles. The molecule has 1 amide bonds. The summed E-state index contributed by atoms with van der Waals surface area (Å²) in [5, 5.41) is 3.35. The molecule has 1 heterocycles. The molecule has 0 fully saturated rings. The molecule has 1 aliphatic rings. The lowest BCUT2D eigenvalue weighted by Gasteiger charge is -2.06. The Labute approximate surface area is 133 Å². The lowest BCUT2D eigenvalue weighted by atomic mass is 10.0. The summed E-state index contributed by atoms with van der Waals surface area (Å²) in [7, 11) is -3.33. The molecule has 3 rings (SSSR count). The predicted molar refractivity (Wildman–Crippen MR) is 86.3 cm³/mol. The van der Waals surface area contributed by atoms with E-state index in [1.807, 2.05) is 0 Å². The first-order valence-corrected chi connectivity index (χ1v) is 9.74. The summed E-state index contributed by atoms with van der Waals surface area (Å²) >= 11 is 1.51. The molecule has 7 heteroatoms. The number of nitrogens with one attached hydrogen (secondary N) is 1. The van der Waals surface area contributed by atoms with E-state index in [4.69, 9.17) is 0 Å². The van der Waals surface area contributed by atoms with Crippen LogP contribution in [0.15, 0.2) is 29.2 Å². The van der Waals surface area contributed by atoms with Crippen LogP contribution in [0.3, 0.4) is 0 Å². The van der Waals surface area contributed by atoms with Crippen LogP contribution in [-0.4, -0.2) is 25.6 Å². The van der Waals surface area contributed by atoms with Crippen LogP contribution in [0.5, 0.6) is 0 Å². The van der Waals surface area contributed by atoms with Crippen LogP contribution in [0.1, 0.15) is 33.8 Å². The Morgan fingerprint density at radius 3 is 2.77 bits per heavy atom. The molecule has 0 radical (unpaired) electrons. The van der Waals surface area contributed by atoms with Crippen LogP contribution in [0.4, 0.5) is 5.13 Å². The maximum absolute atomic E-state index is 12.3. The number of carbonyl (C=O) groups is 1. The van der Waals surface area contributed by atoms with E-state index in [1.165, 1.54) is 34.8 Å². The molecule has 0 bridgehead atoms. The third kappa shape index (κ3) is 3.20. The first kappa shape index (κ1) is 15.2. The fourth-order valence-electron chi connectivity index (χ4n) is 2.44. The Morgan fingerprint density at radius 1 is 1.27 bits per heavy atom. The van der Waals surface area contributed by atoms with Gasteiger partial charge in [0.15, 0.2) is 15.0 Å². The van der Waals surface area contributed by atoms with Crippen LogP contribution in [0.2, 0.25) is 0 Å². The quantitative estimate of drug-likeness (QED) is 0.935. The third-order valence-electron chi connectivity index (χ3n) is 3.59. The molecule has 22 heavy (non-hydrogen) atoms. The van der Waals surface area contributed by atoms with Crippen molar-refractivity contribution in [2.45, 2.75) is 30.6 Å². The number of fused-ring (bicyclic) bond motifs is 1. The number of amides is 1. The summed E-state index contributed by atoms with van der Waals surface area (Å²) in [6.45, 7) is 0. The highest BCUT2D eigenvalue weighted by Gasteiger charge is 2.17. The second-order valence-corrected chi connectivity index (χ2v) is 8.45. The van der Waals surface area contributed by atoms with Crippen LogP contribution in [0, 0.1) is 0 Å². The fraction of sp³-hybridized carbons (Fsp3) is 0.333. The summed E-state index contributed by atoms with van der Waals surface area (Å²) in [6, 6.07) is 6.03. The van der Waals surface area contributed by atoms with Gasteiger partial charge in [-0.25, -0.2) is 13.4 Å². The lowest BCUT2D eigenvalue weighted by Crippen LogP contribution is -2.12. The Morgan fingerprint density at radius 2 is 2.05 bits per heavy atom. The first-order valence-electron chi connectivity index (χ1n) is 7.03. The average Bonchev–Trinajstić information content (AvgIpc) is 2.88. The predicted octanol–water partition coefficient (Wildman–Crippen LogP) is 2.68. The molecule has 0 saturated carbocycles. The standard InChI is InChI=1S/C15H16N2O3S2/c1-22(19,20)11-6-4-5-10(9-11)14(18)17-15-16-12-7-2-3-8-13(12)21-15/h4-6,9H,2-3,7-8H2,1H3,(H,16,17,18). The number of nitrogens with zero attached hydrogens (tertiary/aromatic N) is 1. The maximum Gasteiger partial charge on any atom is 0.257 e. The average molecular weight is 336 g/mol. The zero-order valence-electron chi connectivity index (χ0n) is 12.1. The summed E-state index contributed by atoms with van der Waals surface area (Å²) in [4.78, 5) is 18.1. The molecule has 0 unspecified atom stereocenters. The lowest BCUT2D eigenvalue weighted by molar-refractivity contribution is 0.102. The van der Waals surface area contributed by atoms with Gasteiger partial charge in [-0.05, 0) is 43.9 Å². The largest absolute Gasteiger partial charge is 0.298 e. The smallest absolute Gasteiger partial charge is 0.257 e. The van der Waals surface area contributed by atoms with Crippen molar-refractivity contribution in [3.8, 4) is 0 Å². The highest BCUT2D eigenvalue weighted by atomic mass is 32.2. The van der Waals surface area contributed by atoms with E-state index in [0.29, 0.717) is 10.7 Å². The molecular formula is C15H16N2O3S2. The summed E-state index contributed by atoms with van der Waals surface area (Å²) in [5.41, 5.74) is 1.40. The maximum atomic E-state index is 12.3. The van der Waals surface area contributed by atoms with E-state index in [2.05, 4.69) is 10.3 Å². The van der Waals surface area contributed by atoms with E-state index in [0.717, 1.165) is 31.2 Å². The molecule has 116 valence electrons. The Balaban J connectivity index is 1.81. The van der Waals surface area contributed by atoms with Crippen molar-refractivity contribution in [2.75, 3.05) is 11.6 Å². The number of carbonyl (C=O) groups excluding carboxylic acids is 1. The van der Waals surface area contributed by atoms with E-state index in [1.54, 1.807) is 12.1 Å². The Bertz CT molecular complexity index is 802.